The first-order chi connectivity index (χ1) is 13.1. The SMILES string of the molecule is O=C(O)C1CC2CCCCC2N1C(=O)c1ccc(-c2ccccn2)[nH]c1=O. The largest absolute Gasteiger partial charge is 0.480 e. The molecule has 0 spiro atoms. The molecular formula is C20H21N3O4. The van der Waals surface area contributed by atoms with Crippen LogP contribution in [0.3, 0.4) is 0 Å². The lowest BCUT2D eigenvalue weighted by molar-refractivity contribution is -0.141. The lowest BCUT2D eigenvalue weighted by Crippen LogP contribution is -2.47. The van der Waals surface area contributed by atoms with Crippen molar-refractivity contribution < 1.29 is 14.7 Å². The van der Waals surface area contributed by atoms with Crippen LogP contribution in [0.2, 0.25) is 0 Å². The molecule has 1 amide bonds. The second-order valence-electron chi connectivity index (χ2n) is 7.24. The smallest absolute Gasteiger partial charge is 0.326 e. The van der Waals surface area contributed by atoms with Crippen LogP contribution in [0.4, 0.5) is 0 Å². The molecule has 7 nitrogen and oxygen atoms in total. The molecule has 4 rings (SSSR count). The van der Waals surface area contributed by atoms with Gasteiger partial charge in [0.15, 0.2) is 0 Å². The summed E-state index contributed by atoms with van der Waals surface area (Å²) in [7, 11) is 0. The van der Waals surface area contributed by atoms with Gasteiger partial charge in [-0.25, -0.2) is 4.79 Å². The van der Waals surface area contributed by atoms with Crippen LogP contribution in [0.15, 0.2) is 41.3 Å². The van der Waals surface area contributed by atoms with Crippen molar-refractivity contribution in [3.05, 3.63) is 52.4 Å². The van der Waals surface area contributed by atoms with Crippen LogP contribution in [0.25, 0.3) is 11.4 Å². The second-order valence-corrected chi connectivity index (χ2v) is 7.24. The molecule has 140 valence electrons. The number of amides is 1. The van der Waals surface area contributed by atoms with Crippen LogP contribution in [-0.4, -0.2) is 43.9 Å². The molecule has 27 heavy (non-hydrogen) atoms. The molecule has 2 aliphatic rings. The van der Waals surface area contributed by atoms with E-state index in [1.54, 1.807) is 24.4 Å². The maximum Gasteiger partial charge on any atom is 0.326 e. The number of likely N-dealkylation sites (tertiary alicyclic amines) is 1. The van der Waals surface area contributed by atoms with Crippen LogP contribution in [0.1, 0.15) is 42.5 Å². The third-order valence-electron chi connectivity index (χ3n) is 5.69. The number of carboxylic acid groups (broad SMARTS) is 1. The zero-order valence-corrected chi connectivity index (χ0v) is 14.8. The minimum Gasteiger partial charge on any atom is -0.480 e. The van der Waals surface area contributed by atoms with E-state index in [9.17, 15) is 19.5 Å². The van der Waals surface area contributed by atoms with E-state index < -0.39 is 23.5 Å². The normalized spacial score (nSPS) is 24.4. The van der Waals surface area contributed by atoms with Gasteiger partial charge in [0.25, 0.3) is 11.5 Å². The van der Waals surface area contributed by atoms with Crippen LogP contribution in [0.5, 0.6) is 0 Å². The quantitative estimate of drug-likeness (QED) is 0.866. The number of carboxylic acids is 1. The van der Waals surface area contributed by atoms with Crippen molar-refractivity contribution in [2.24, 2.45) is 5.92 Å². The molecule has 3 unspecified atom stereocenters. The molecule has 7 heteroatoms. The van der Waals surface area contributed by atoms with Gasteiger partial charge in [0.2, 0.25) is 0 Å². The number of aromatic amines is 1. The molecule has 1 saturated heterocycles. The molecule has 2 aromatic heterocycles. The van der Waals surface area contributed by atoms with Gasteiger partial charge in [-0.2, -0.15) is 0 Å². The van der Waals surface area contributed by atoms with Crippen molar-refractivity contribution in [1.82, 2.24) is 14.9 Å². The fraction of sp³-hybridized carbons (Fsp3) is 0.400. The molecule has 1 saturated carbocycles. The predicted molar refractivity (Wildman–Crippen MR) is 98.3 cm³/mol. The number of aliphatic carboxylic acids is 1. The molecule has 0 aromatic carbocycles. The van der Waals surface area contributed by atoms with Gasteiger partial charge in [-0.05, 0) is 49.4 Å². The molecule has 2 N–H and O–H groups in total. The summed E-state index contributed by atoms with van der Waals surface area (Å²) >= 11 is 0. The summed E-state index contributed by atoms with van der Waals surface area (Å²) in [6.45, 7) is 0. The zero-order valence-electron chi connectivity index (χ0n) is 14.8. The summed E-state index contributed by atoms with van der Waals surface area (Å²) in [6.07, 6.45) is 5.87. The van der Waals surface area contributed by atoms with Crippen molar-refractivity contribution in [3.63, 3.8) is 0 Å². The van der Waals surface area contributed by atoms with Crippen molar-refractivity contribution in [2.75, 3.05) is 0 Å². The summed E-state index contributed by atoms with van der Waals surface area (Å²) in [6, 6.07) is 7.51. The van der Waals surface area contributed by atoms with E-state index in [1.165, 1.54) is 11.0 Å². The molecule has 0 radical (unpaired) electrons. The van der Waals surface area contributed by atoms with Crippen LogP contribution in [-0.2, 0) is 4.79 Å². The maximum absolute atomic E-state index is 13.1. The minimum absolute atomic E-state index is 0.0212. The fourth-order valence-corrected chi connectivity index (χ4v) is 4.43. The molecule has 1 aliphatic heterocycles. The number of nitrogens with zero attached hydrogens (tertiary/aromatic N) is 2. The van der Waals surface area contributed by atoms with Crippen LogP contribution < -0.4 is 5.56 Å². The predicted octanol–water partition coefficient (Wildman–Crippen LogP) is 2.29. The number of fused-ring (bicyclic) bond motifs is 1. The Kier molecular flexibility index (Phi) is 4.51. The van der Waals surface area contributed by atoms with E-state index in [-0.39, 0.29) is 17.5 Å². The van der Waals surface area contributed by atoms with Gasteiger partial charge in [0.05, 0.1) is 11.4 Å². The Morgan fingerprint density at radius 2 is 1.96 bits per heavy atom. The topological polar surface area (TPSA) is 103 Å². The lowest BCUT2D eigenvalue weighted by atomic mass is 9.84. The Balaban J connectivity index is 1.67. The first-order valence-electron chi connectivity index (χ1n) is 9.26. The van der Waals surface area contributed by atoms with Gasteiger partial charge in [0.1, 0.15) is 11.6 Å². The van der Waals surface area contributed by atoms with Crippen LogP contribution >= 0.6 is 0 Å². The average molecular weight is 367 g/mol. The van der Waals surface area contributed by atoms with Crippen LogP contribution in [0, 0.1) is 5.92 Å². The molecule has 0 bridgehead atoms. The highest BCUT2D eigenvalue weighted by Crippen LogP contribution is 2.40. The highest BCUT2D eigenvalue weighted by Gasteiger charge is 2.48. The number of aromatic nitrogens is 2. The Hall–Kier alpha value is -2.96. The summed E-state index contributed by atoms with van der Waals surface area (Å²) in [5.74, 6) is -1.29. The number of carbonyl (C=O) groups excluding carboxylic acids is 1. The van der Waals surface area contributed by atoms with Gasteiger partial charge in [-0.3, -0.25) is 14.6 Å². The number of H-pyrrole nitrogens is 1. The third-order valence-corrected chi connectivity index (χ3v) is 5.69. The Morgan fingerprint density at radius 3 is 2.67 bits per heavy atom. The number of nitrogens with one attached hydrogen (secondary N) is 1. The summed E-state index contributed by atoms with van der Waals surface area (Å²) < 4.78 is 0. The highest BCUT2D eigenvalue weighted by molar-refractivity contribution is 5.97. The van der Waals surface area contributed by atoms with Crippen molar-refractivity contribution >= 4 is 11.9 Å². The first-order valence-corrected chi connectivity index (χ1v) is 9.26. The van der Waals surface area contributed by atoms with Crippen molar-refractivity contribution in [3.8, 4) is 11.4 Å². The lowest BCUT2D eigenvalue weighted by Gasteiger charge is -2.32. The summed E-state index contributed by atoms with van der Waals surface area (Å²) in [4.78, 5) is 45.7. The van der Waals surface area contributed by atoms with Crippen molar-refractivity contribution in [1.29, 1.82) is 0 Å². The standard InChI is InChI=1S/C20H21N3O4/c24-18-13(8-9-15(22-18)14-6-3-4-10-21-14)19(25)23-16-7-2-1-5-12(16)11-17(23)20(26)27/h3-4,6,8-10,12,16-17H,1-2,5,7,11H2,(H,22,24)(H,26,27). The second kappa shape index (κ2) is 6.98. The van der Waals surface area contributed by atoms with Gasteiger partial charge < -0.3 is 15.0 Å². The number of hydrogen-bond acceptors (Lipinski definition) is 4. The highest BCUT2D eigenvalue weighted by atomic mass is 16.4. The van der Waals surface area contributed by atoms with E-state index in [1.807, 2.05) is 6.07 Å². The zero-order chi connectivity index (χ0) is 19.0. The van der Waals surface area contributed by atoms with E-state index >= 15 is 0 Å². The number of carbonyl (C=O) groups is 2. The van der Waals surface area contributed by atoms with Gasteiger partial charge in [-0.1, -0.05) is 18.9 Å². The van der Waals surface area contributed by atoms with Gasteiger partial charge in [0, 0.05) is 12.2 Å². The monoisotopic (exact) mass is 367 g/mol. The first kappa shape index (κ1) is 17.5. The minimum atomic E-state index is -1.00. The number of hydrogen-bond donors (Lipinski definition) is 2. The molecule has 1 aliphatic carbocycles. The Bertz CT molecular complexity index is 924. The third kappa shape index (κ3) is 3.13. The summed E-state index contributed by atoms with van der Waals surface area (Å²) in [5, 5.41) is 9.60. The fourth-order valence-electron chi connectivity index (χ4n) is 4.43. The van der Waals surface area contributed by atoms with E-state index in [0.717, 1.165) is 25.7 Å². The number of rotatable bonds is 3. The molecule has 2 fully saturated rings. The van der Waals surface area contributed by atoms with E-state index in [0.29, 0.717) is 17.8 Å². The molecule has 2 aromatic rings. The number of pyridine rings is 2. The maximum atomic E-state index is 13.1. The van der Waals surface area contributed by atoms with Crippen molar-refractivity contribution in [2.45, 2.75) is 44.2 Å². The Morgan fingerprint density at radius 1 is 1.15 bits per heavy atom. The van der Waals surface area contributed by atoms with E-state index in [4.69, 9.17) is 0 Å². The average Bonchev–Trinajstić information content (AvgIpc) is 3.08. The van der Waals surface area contributed by atoms with Gasteiger partial charge >= 0.3 is 5.97 Å². The molecule has 3 atom stereocenters. The summed E-state index contributed by atoms with van der Waals surface area (Å²) in [5.41, 5.74) is 0.577. The molecule has 3 heterocycles. The molecular weight excluding hydrogens is 346 g/mol. The van der Waals surface area contributed by atoms with E-state index in [2.05, 4.69) is 9.97 Å². The van der Waals surface area contributed by atoms with Gasteiger partial charge in [-0.15, -0.1) is 0 Å². The Labute approximate surface area is 156 Å².